The van der Waals surface area contributed by atoms with Gasteiger partial charge in [-0.3, -0.25) is 0 Å². The fourth-order valence-electron chi connectivity index (χ4n) is 3.89. The van der Waals surface area contributed by atoms with Crippen molar-refractivity contribution in [2.24, 2.45) is 0 Å². The Kier molecular flexibility index (Phi) is 4.71. The average Bonchev–Trinajstić information content (AvgIpc) is 3.54. The Morgan fingerprint density at radius 3 is 2.70 bits per heavy atom. The number of hydrogen-bond acceptors (Lipinski definition) is 3. The van der Waals surface area contributed by atoms with Crippen molar-refractivity contribution < 1.29 is 9.90 Å². The van der Waals surface area contributed by atoms with Crippen molar-refractivity contribution in [2.45, 2.75) is 31.7 Å². The Hall–Kier alpha value is -3.60. The highest BCUT2D eigenvalue weighted by atomic mass is 16.4. The van der Waals surface area contributed by atoms with Crippen LogP contribution in [0.5, 0.6) is 0 Å². The number of pyridine rings is 1. The van der Waals surface area contributed by atoms with Gasteiger partial charge in [-0.25, -0.2) is 9.78 Å². The minimum Gasteiger partial charge on any atom is -0.478 e. The van der Waals surface area contributed by atoms with Crippen molar-refractivity contribution in [2.75, 3.05) is 5.32 Å². The van der Waals surface area contributed by atoms with E-state index in [4.69, 9.17) is 0 Å². The molecule has 0 unspecified atom stereocenters. The molecule has 0 atom stereocenters. The minimum absolute atomic E-state index is 0.222. The van der Waals surface area contributed by atoms with Crippen LogP contribution in [0.15, 0.2) is 73.1 Å². The van der Waals surface area contributed by atoms with Gasteiger partial charge in [0, 0.05) is 35.5 Å². The summed E-state index contributed by atoms with van der Waals surface area (Å²) in [6.45, 7) is 0.910. The summed E-state index contributed by atoms with van der Waals surface area (Å²) in [6, 6.07) is 20.4. The SMILES string of the molecule is O=C(O)c1cc(C2CC2)cnc1Nc1ccc2c(ccn2CCc2ccccc2)c1. The van der Waals surface area contributed by atoms with Crippen molar-refractivity contribution in [3.05, 3.63) is 89.7 Å². The first-order chi connectivity index (χ1) is 14.7. The van der Waals surface area contributed by atoms with Gasteiger partial charge in [-0.1, -0.05) is 30.3 Å². The van der Waals surface area contributed by atoms with Gasteiger partial charge in [0.2, 0.25) is 0 Å². The van der Waals surface area contributed by atoms with Gasteiger partial charge in [-0.05, 0) is 66.6 Å². The van der Waals surface area contributed by atoms with E-state index in [9.17, 15) is 9.90 Å². The molecule has 2 aromatic carbocycles. The lowest BCUT2D eigenvalue weighted by Gasteiger charge is -2.11. The second kappa shape index (κ2) is 7.67. The van der Waals surface area contributed by atoms with Crippen LogP contribution in [0.3, 0.4) is 0 Å². The van der Waals surface area contributed by atoms with E-state index < -0.39 is 5.97 Å². The lowest BCUT2D eigenvalue weighted by atomic mass is 10.1. The molecule has 1 aliphatic rings. The number of anilines is 2. The van der Waals surface area contributed by atoms with E-state index in [1.807, 2.05) is 18.2 Å². The number of benzene rings is 2. The molecule has 4 aromatic rings. The molecule has 2 aromatic heterocycles. The second-order valence-corrected chi connectivity index (χ2v) is 7.89. The number of carboxylic acid groups (broad SMARTS) is 1. The minimum atomic E-state index is -0.958. The van der Waals surface area contributed by atoms with Gasteiger partial charge in [-0.2, -0.15) is 0 Å². The summed E-state index contributed by atoms with van der Waals surface area (Å²) in [4.78, 5) is 16.1. The Bertz CT molecular complexity index is 1210. The van der Waals surface area contributed by atoms with Gasteiger partial charge in [0.15, 0.2) is 0 Å². The Balaban J connectivity index is 1.36. The van der Waals surface area contributed by atoms with Crippen LogP contribution in [0.2, 0.25) is 0 Å². The zero-order chi connectivity index (χ0) is 20.5. The molecule has 1 fully saturated rings. The third-order valence-electron chi connectivity index (χ3n) is 5.71. The maximum atomic E-state index is 11.7. The summed E-state index contributed by atoms with van der Waals surface area (Å²) >= 11 is 0. The lowest BCUT2D eigenvalue weighted by Crippen LogP contribution is -2.06. The van der Waals surface area contributed by atoms with E-state index in [1.54, 1.807) is 12.3 Å². The van der Waals surface area contributed by atoms with Crippen LogP contribution >= 0.6 is 0 Å². The molecule has 0 bridgehead atoms. The Morgan fingerprint density at radius 2 is 1.93 bits per heavy atom. The number of nitrogens with one attached hydrogen (secondary N) is 1. The van der Waals surface area contributed by atoms with Crippen molar-refractivity contribution in [3.63, 3.8) is 0 Å². The highest BCUT2D eigenvalue weighted by Crippen LogP contribution is 2.40. The van der Waals surface area contributed by atoms with E-state index in [1.165, 1.54) is 5.56 Å². The first-order valence-electron chi connectivity index (χ1n) is 10.3. The topological polar surface area (TPSA) is 67.2 Å². The predicted molar refractivity (Wildman–Crippen MR) is 119 cm³/mol. The van der Waals surface area contributed by atoms with Gasteiger partial charge in [0.05, 0.1) is 0 Å². The molecular formula is C25H23N3O2. The van der Waals surface area contributed by atoms with Gasteiger partial charge in [-0.15, -0.1) is 0 Å². The van der Waals surface area contributed by atoms with Crippen LogP contribution < -0.4 is 5.32 Å². The van der Waals surface area contributed by atoms with E-state index in [2.05, 4.69) is 57.5 Å². The smallest absolute Gasteiger partial charge is 0.339 e. The molecule has 30 heavy (non-hydrogen) atoms. The zero-order valence-corrected chi connectivity index (χ0v) is 16.6. The molecule has 0 aliphatic heterocycles. The normalized spacial score (nSPS) is 13.5. The summed E-state index contributed by atoms with van der Waals surface area (Å²) in [5.74, 6) is -0.105. The summed E-state index contributed by atoms with van der Waals surface area (Å²) in [7, 11) is 0. The van der Waals surface area contributed by atoms with Crippen LogP contribution in [-0.2, 0) is 13.0 Å². The molecule has 5 nitrogen and oxygen atoms in total. The lowest BCUT2D eigenvalue weighted by molar-refractivity contribution is 0.0697. The molecule has 0 saturated heterocycles. The van der Waals surface area contributed by atoms with Crippen LogP contribution in [0.1, 0.15) is 40.2 Å². The highest BCUT2D eigenvalue weighted by molar-refractivity contribution is 5.94. The maximum Gasteiger partial charge on any atom is 0.339 e. The van der Waals surface area contributed by atoms with E-state index >= 15 is 0 Å². The highest BCUT2D eigenvalue weighted by Gasteiger charge is 2.26. The summed E-state index contributed by atoms with van der Waals surface area (Å²) in [6.07, 6.45) is 7.11. The number of fused-ring (bicyclic) bond motifs is 1. The summed E-state index contributed by atoms with van der Waals surface area (Å²) < 4.78 is 2.25. The molecule has 2 heterocycles. The Morgan fingerprint density at radius 1 is 1.10 bits per heavy atom. The van der Waals surface area contributed by atoms with E-state index in [0.717, 1.165) is 48.0 Å². The average molecular weight is 397 g/mol. The molecule has 0 spiro atoms. The fourth-order valence-corrected chi connectivity index (χ4v) is 3.89. The van der Waals surface area contributed by atoms with Crippen molar-refractivity contribution >= 4 is 28.4 Å². The molecule has 0 radical (unpaired) electrons. The summed E-state index contributed by atoms with van der Waals surface area (Å²) in [5.41, 5.74) is 4.55. The Labute approximate surface area is 175 Å². The van der Waals surface area contributed by atoms with Crippen LogP contribution in [0.4, 0.5) is 11.5 Å². The number of aromatic nitrogens is 2. The van der Waals surface area contributed by atoms with Crippen LogP contribution in [-0.4, -0.2) is 20.6 Å². The standard InChI is InChI=1S/C25H23N3O2/c29-25(30)22-15-20(18-6-7-18)16-26-24(22)27-21-8-9-23-19(14-21)11-13-28(23)12-10-17-4-2-1-3-5-17/h1-5,8-9,11,13-16,18H,6-7,10,12H2,(H,26,27)(H,29,30). The molecule has 150 valence electrons. The van der Waals surface area contributed by atoms with Crippen LogP contribution in [0.25, 0.3) is 10.9 Å². The second-order valence-electron chi connectivity index (χ2n) is 7.89. The van der Waals surface area contributed by atoms with Crippen molar-refractivity contribution in [1.29, 1.82) is 0 Å². The fraction of sp³-hybridized carbons (Fsp3) is 0.200. The third kappa shape index (κ3) is 3.79. The van der Waals surface area contributed by atoms with Crippen LogP contribution in [0, 0.1) is 0 Å². The first kappa shape index (κ1) is 18.4. The predicted octanol–water partition coefficient (Wildman–Crippen LogP) is 5.60. The molecule has 1 saturated carbocycles. The number of nitrogens with zero attached hydrogens (tertiary/aromatic N) is 2. The largest absolute Gasteiger partial charge is 0.478 e. The quantitative estimate of drug-likeness (QED) is 0.426. The molecule has 5 rings (SSSR count). The third-order valence-corrected chi connectivity index (χ3v) is 5.71. The van der Waals surface area contributed by atoms with E-state index in [-0.39, 0.29) is 5.56 Å². The van der Waals surface area contributed by atoms with Gasteiger partial charge >= 0.3 is 5.97 Å². The van der Waals surface area contributed by atoms with E-state index in [0.29, 0.717) is 11.7 Å². The number of hydrogen-bond donors (Lipinski definition) is 2. The van der Waals surface area contributed by atoms with Gasteiger partial charge in [0.25, 0.3) is 0 Å². The maximum absolute atomic E-state index is 11.7. The van der Waals surface area contributed by atoms with Crippen molar-refractivity contribution in [1.82, 2.24) is 9.55 Å². The number of rotatable bonds is 7. The number of carbonyl (C=O) groups is 1. The summed E-state index contributed by atoms with van der Waals surface area (Å²) in [5, 5.41) is 13.9. The zero-order valence-electron chi connectivity index (χ0n) is 16.6. The first-order valence-corrected chi connectivity index (χ1v) is 10.3. The molecular weight excluding hydrogens is 374 g/mol. The molecule has 1 aliphatic carbocycles. The number of aryl methyl sites for hydroxylation is 2. The number of aromatic carboxylic acids is 1. The number of carboxylic acids is 1. The van der Waals surface area contributed by atoms with Gasteiger partial charge in [0.1, 0.15) is 11.4 Å². The monoisotopic (exact) mass is 397 g/mol. The molecule has 2 N–H and O–H groups in total. The molecule has 5 heteroatoms. The van der Waals surface area contributed by atoms with Crippen molar-refractivity contribution in [3.8, 4) is 0 Å². The van der Waals surface area contributed by atoms with Gasteiger partial charge < -0.3 is 15.0 Å². The molecule has 0 amide bonds.